The lowest BCUT2D eigenvalue weighted by atomic mass is 10.1. The number of likely N-dealkylation sites (N-methyl/N-ethyl adjacent to an activating group) is 1. The molecular formula is C18H18ClN3O4. The van der Waals surface area contributed by atoms with Gasteiger partial charge in [-0.2, -0.15) is 0 Å². The molecule has 1 aliphatic heterocycles. The number of nitro groups is 1. The first-order chi connectivity index (χ1) is 12.4. The lowest BCUT2D eigenvalue weighted by Gasteiger charge is -2.28. The second-order valence-corrected chi connectivity index (χ2v) is 6.62. The number of hydrogen-bond donors (Lipinski definition) is 1. The number of halogens is 1. The maximum absolute atomic E-state index is 13.2. The number of aliphatic hydroxyl groups is 1. The molecule has 0 saturated heterocycles. The lowest BCUT2D eigenvalue weighted by molar-refractivity contribution is -0.384. The Morgan fingerprint density at radius 3 is 2.73 bits per heavy atom. The number of amides is 1. The van der Waals surface area contributed by atoms with Crippen LogP contribution in [0, 0.1) is 10.1 Å². The average Bonchev–Trinajstić information content (AvgIpc) is 2.76. The van der Waals surface area contributed by atoms with Crippen molar-refractivity contribution in [3.63, 3.8) is 0 Å². The Labute approximate surface area is 155 Å². The van der Waals surface area contributed by atoms with E-state index in [2.05, 4.69) is 0 Å². The summed E-state index contributed by atoms with van der Waals surface area (Å²) in [4.78, 5) is 27.0. The fraction of sp³-hybridized carbons (Fsp3) is 0.278. The molecule has 1 aliphatic rings. The van der Waals surface area contributed by atoms with Crippen molar-refractivity contribution < 1.29 is 14.8 Å². The summed E-state index contributed by atoms with van der Waals surface area (Å²) in [5.41, 5.74) is 1.72. The van der Waals surface area contributed by atoms with Crippen molar-refractivity contribution in [1.29, 1.82) is 0 Å². The van der Waals surface area contributed by atoms with Crippen LogP contribution in [0.15, 0.2) is 42.5 Å². The molecule has 2 aromatic carbocycles. The molecule has 26 heavy (non-hydrogen) atoms. The molecule has 0 aromatic heterocycles. The van der Waals surface area contributed by atoms with Crippen LogP contribution in [0.3, 0.4) is 0 Å². The monoisotopic (exact) mass is 375 g/mol. The number of fused-ring (bicyclic) bond motifs is 1. The second kappa shape index (κ2) is 7.41. The van der Waals surface area contributed by atoms with Gasteiger partial charge in [0.1, 0.15) is 0 Å². The van der Waals surface area contributed by atoms with Crippen LogP contribution in [0.25, 0.3) is 0 Å². The summed E-state index contributed by atoms with van der Waals surface area (Å²) in [5, 5.41) is 20.6. The molecule has 2 aromatic rings. The van der Waals surface area contributed by atoms with Crippen LogP contribution in [0.5, 0.6) is 0 Å². The van der Waals surface area contributed by atoms with Crippen molar-refractivity contribution in [1.82, 2.24) is 4.90 Å². The van der Waals surface area contributed by atoms with Gasteiger partial charge in [0.2, 0.25) is 0 Å². The summed E-state index contributed by atoms with van der Waals surface area (Å²) in [6.07, 6.45) is 0. The largest absolute Gasteiger partial charge is 0.395 e. The summed E-state index contributed by atoms with van der Waals surface area (Å²) >= 11 is 6.14. The highest BCUT2D eigenvalue weighted by molar-refractivity contribution is 6.34. The van der Waals surface area contributed by atoms with Gasteiger partial charge in [0.15, 0.2) is 0 Å². The van der Waals surface area contributed by atoms with Crippen molar-refractivity contribution in [2.45, 2.75) is 12.6 Å². The van der Waals surface area contributed by atoms with Crippen LogP contribution >= 0.6 is 11.6 Å². The molecule has 0 fully saturated rings. The molecule has 0 unspecified atom stereocenters. The molecular weight excluding hydrogens is 358 g/mol. The van der Waals surface area contributed by atoms with Gasteiger partial charge in [-0.1, -0.05) is 29.8 Å². The minimum atomic E-state index is -0.557. The van der Waals surface area contributed by atoms with Gasteiger partial charge in [-0.05, 0) is 24.7 Å². The van der Waals surface area contributed by atoms with Crippen LogP contribution < -0.4 is 4.90 Å². The maximum atomic E-state index is 13.2. The fourth-order valence-electron chi connectivity index (χ4n) is 3.08. The number of nitro benzene ring substituents is 1. The Hall–Kier alpha value is -2.48. The average molecular weight is 376 g/mol. The second-order valence-electron chi connectivity index (χ2n) is 6.22. The van der Waals surface area contributed by atoms with Crippen LogP contribution in [0.4, 0.5) is 11.4 Å². The normalized spacial score (nSPS) is 17.5. The number of non-ortho nitro benzene ring substituents is 1. The molecule has 136 valence electrons. The fourth-order valence-corrected chi connectivity index (χ4v) is 3.34. The molecule has 7 nitrogen and oxygen atoms in total. The molecule has 0 saturated carbocycles. The molecule has 0 spiro atoms. The Balaban J connectivity index is 2.03. The third kappa shape index (κ3) is 3.41. The summed E-state index contributed by atoms with van der Waals surface area (Å²) in [6.45, 7) is 0.789. The first-order valence-corrected chi connectivity index (χ1v) is 8.45. The number of carbonyl (C=O) groups excluding carboxylic acids is 1. The standard InChI is InChI=1S/C18H18ClN3O4/c1-20-9-12-4-2-3-5-17(12)21(10-14(20)11-23)18(24)15-7-6-13(22(25)26)8-16(15)19/h2-8,14,23H,9-11H2,1H3/t14-/m0/s1. The predicted molar refractivity (Wildman–Crippen MR) is 98.6 cm³/mol. The molecule has 1 heterocycles. The summed E-state index contributed by atoms with van der Waals surface area (Å²) in [7, 11) is 1.89. The van der Waals surface area contributed by atoms with E-state index in [0.29, 0.717) is 6.54 Å². The Morgan fingerprint density at radius 1 is 1.35 bits per heavy atom. The van der Waals surface area contributed by atoms with Gasteiger partial charge in [0.05, 0.1) is 28.2 Å². The Bertz CT molecular complexity index is 858. The Morgan fingerprint density at radius 2 is 2.08 bits per heavy atom. The SMILES string of the molecule is CN1Cc2ccccc2N(C(=O)c2ccc([N+](=O)[O-])cc2Cl)C[C@H]1CO. The van der Waals surface area contributed by atoms with Crippen molar-refractivity contribution in [3.05, 3.63) is 68.7 Å². The van der Waals surface area contributed by atoms with Crippen molar-refractivity contribution in [2.75, 3.05) is 25.1 Å². The summed E-state index contributed by atoms with van der Waals surface area (Å²) < 4.78 is 0. The van der Waals surface area contributed by atoms with Crippen LogP contribution in [0.1, 0.15) is 15.9 Å². The van der Waals surface area contributed by atoms with E-state index in [1.54, 1.807) is 4.90 Å². The first-order valence-electron chi connectivity index (χ1n) is 8.07. The highest BCUT2D eigenvalue weighted by Crippen LogP contribution is 2.30. The molecule has 1 atom stereocenters. The van der Waals surface area contributed by atoms with E-state index in [1.165, 1.54) is 18.2 Å². The van der Waals surface area contributed by atoms with Crippen LogP contribution in [-0.2, 0) is 6.54 Å². The van der Waals surface area contributed by atoms with Gasteiger partial charge in [-0.15, -0.1) is 0 Å². The van der Waals surface area contributed by atoms with E-state index >= 15 is 0 Å². The lowest BCUT2D eigenvalue weighted by Crippen LogP contribution is -2.44. The molecule has 8 heteroatoms. The molecule has 3 rings (SSSR count). The van der Waals surface area contributed by atoms with Gasteiger partial charge in [0.25, 0.3) is 11.6 Å². The summed E-state index contributed by atoms with van der Waals surface area (Å²) in [6, 6.07) is 11.1. The molecule has 0 radical (unpaired) electrons. The number of aliphatic hydroxyl groups excluding tert-OH is 1. The van der Waals surface area contributed by atoms with E-state index < -0.39 is 4.92 Å². The van der Waals surface area contributed by atoms with Gasteiger partial charge in [0, 0.05) is 30.9 Å². The minimum Gasteiger partial charge on any atom is -0.395 e. The third-order valence-electron chi connectivity index (χ3n) is 4.57. The van der Waals surface area contributed by atoms with E-state index in [1.807, 2.05) is 36.2 Å². The number of rotatable bonds is 3. The van der Waals surface area contributed by atoms with Gasteiger partial charge < -0.3 is 10.0 Å². The molecule has 1 amide bonds. The molecule has 0 bridgehead atoms. The van der Waals surface area contributed by atoms with Crippen molar-refractivity contribution in [2.24, 2.45) is 0 Å². The number of benzene rings is 2. The van der Waals surface area contributed by atoms with Crippen molar-refractivity contribution in [3.8, 4) is 0 Å². The van der Waals surface area contributed by atoms with Gasteiger partial charge in [-0.25, -0.2) is 0 Å². The maximum Gasteiger partial charge on any atom is 0.270 e. The van der Waals surface area contributed by atoms with Crippen molar-refractivity contribution >= 4 is 28.9 Å². The van der Waals surface area contributed by atoms with E-state index in [-0.39, 0.29) is 41.4 Å². The van der Waals surface area contributed by atoms with E-state index in [0.717, 1.165) is 11.3 Å². The van der Waals surface area contributed by atoms with Crippen LogP contribution in [-0.4, -0.2) is 47.1 Å². The number of anilines is 1. The molecule has 1 N–H and O–H groups in total. The number of nitrogens with zero attached hydrogens (tertiary/aromatic N) is 3. The quantitative estimate of drug-likeness (QED) is 0.658. The zero-order valence-corrected chi connectivity index (χ0v) is 14.9. The number of carbonyl (C=O) groups is 1. The number of hydrogen-bond acceptors (Lipinski definition) is 5. The zero-order chi connectivity index (χ0) is 18.8. The summed E-state index contributed by atoms with van der Waals surface area (Å²) in [5.74, 6) is -0.355. The molecule has 0 aliphatic carbocycles. The highest BCUT2D eigenvalue weighted by Gasteiger charge is 2.30. The minimum absolute atomic E-state index is 0.0276. The van der Waals surface area contributed by atoms with Gasteiger partial charge in [-0.3, -0.25) is 19.8 Å². The topological polar surface area (TPSA) is 86.9 Å². The zero-order valence-electron chi connectivity index (χ0n) is 14.1. The van der Waals surface area contributed by atoms with Gasteiger partial charge >= 0.3 is 0 Å². The Kier molecular flexibility index (Phi) is 5.22. The smallest absolute Gasteiger partial charge is 0.270 e. The number of para-hydroxylation sites is 1. The van der Waals surface area contributed by atoms with E-state index in [9.17, 15) is 20.0 Å². The van der Waals surface area contributed by atoms with E-state index in [4.69, 9.17) is 11.6 Å². The third-order valence-corrected chi connectivity index (χ3v) is 4.88. The first kappa shape index (κ1) is 18.3. The predicted octanol–water partition coefficient (Wildman–Crippen LogP) is 2.70. The van der Waals surface area contributed by atoms with Crippen LogP contribution in [0.2, 0.25) is 5.02 Å². The highest BCUT2D eigenvalue weighted by atomic mass is 35.5.